The predicted octanol–water partition coefficient (Wildman–Crippen LogP) is 2.66. The predicted molar refractivity (Wildman–Crippen MR) is 126 cm³/mol. The molecule has 0 radical (unpaired) electrons. The lowest BCUT2D eigenvalue weighted by Gasteiger charge is -2.31. The van der Waals surface area contributed by atoms with Gasteiger partial charge in [0.25, 0.3) is 0 Å². The van der Waals surface area contributed by atoms with E-state index in [-0.39, 0.29) is 17.7 Å². The number of nitrogens with one attached hydrogen (secondary N) is 1. The Morgan fingerprint density at radius 3 is 2.64 bits per heavy atom. The van der Waals surface area contributed by atoms with Crippen LogP contribution in [0.2, 0.25) is 0 Å². The monoisotopic (exact) mass is 448 g/mol. The lowest BCUT2D eigenvalue weighted by Crippen LogP contribution is -2.49. The van der Waals surface area contributed by atoms with Crippen molar-refractivity contribution >= 4 is 17.7 Å². The number of benzene rings is 1. The Labute approximate surface area is 195 Å². The van der Waals surface area contributed by atoms with Crippen LogP contribution in [0.25, 0.3) is 11.1 Å². The summed E-state index contributed by atoms with van der Waals surface area (Å²) < 4.78 is 0. The Hall–Kier alpha value is -3.22. The molecule has 7 nitrogen and oxygen atoms in total. The topological polar surface area (TPSA) is 82.6 Å². The molecule has 2 atom stereocenters. The third kappa shape index (κ3) is 4.77. The number of likely N-dealkylation sites (tertiary alicyclic amines) is 2. The number of pyridine rings is 1. The Morgan fingerprint density at radius 2 is 1.94 bits per heavy atom. The average Bonchev–Trinajstić information content (AvgIpc) is 3.46. The van der Waals surface area contributed by atoms with Gasteiger partial charge in [0.05, 0.1) is 5.41 Å². The van der Waals surface area contributed by atoms with Crippen molar-refractivity contribution < 1.29 is 14.4 Å². The van der Waals surface area contributed by atoms with Crippen molar-refractivity contribution in [3.63, 3.8) is 0 Å². The summed E-state index contributed by atoms with van der Waals surface area (Å²) >= 11 is 0. The maximum atomic E-state index is 13.3. The maximum Gasteiger partial charge on any atom is 0.245 e. The summed E-state index contributed by atoms with van der Waals surface area (Å²) in [6, 6.07) is 11.7. The summed E-state index contributed by atoms with van der Waals surface area (Å²) in [5, 5.41) is 3.00. The molecule has 0 bridgehead atoms. The van der Waals surface area contributed by atoms with E-state index in [2.05, 4.69) is 22.4 Å². The molecule has 0 saturated carbocycles. The van der Waals surface area contributed by atoms with E-state index in [9.17, 15) is 14.4 Å². The highest BCUT2D eigenvalue weighted by Crippen LogP contribution is 2.36. The fourth-order valence-electron chi connectivity index (χ4n) is 5.09. The van der Waals surface area contributed by atoms with Crippen LogP contribution in [0.1, 0.15) is 38.7 Å². The van der Waals surface area contributed by atoms with E-state index in [1.165, 1.54) is 0 Å². The number of hydrogen-bond acceptors (Lipinski definition) is 4. The maximum absolute atomic E-state index is 13.3. The van der Waals surface area contributed by atoms with Crippen molar-refractivity contribution in [1.82, 2.24) is 20.1 Å². The van der Waals surface area contributed by atoms with Crippen LogP contribution in [0.15, 0.2) is 48.8 Å². The van der Waals surface area contributed by atoms with Crippen LogP contribution in [0.5, 0.6) is 0 Å². The molecule has 2 unspecified atom stereocenters. The molecule has 0 aliphatic carbocycles. The van der Waals surface area contributed by atoms with Gasteiger partial charge in [-0.05, 0) is 61.9 Å². The van der Waals surface area contributed by atoms with Crippen molar-refractivity contribution in [2.75, 3.05) is 26.2 Å². The standard InChI is InChI=1S/C26H32N4O3/c1-3-28-25(33)26(17-20-6-4-7-22(16-20)21-9-12-27-13-10-21)11-15-29(18-26)24(32)19(2)30-14-5-8-23(30)31/h4,6-7,9-10,12-13,16,19H,3,5,8,11,14-15,17-18H2,1-2H3,(H,28,33). The third-order valence-corrected chi connectivity index (χ3v) is 6.90. The van der Waals surface area contributed by atoms with Crippen molar-refractivity contribution in [2.45, 2.75) is 45.6 Å². The summed E-state index contributed by atoms with van der Waals surface area (Å²) in [4.78, 5) is 46.2. The molecule has 2 aliphatic rings. The van der Waals surface area contributed by atoms with Crippen LogP contribution in [0, 0.1) is 5.41 Å². The molecule has 1 aromatic carbocycles. The molecular weight excluding hydrogens is 416 g/mol. The van der Waals surface area contributed by atoms with E-state index in [4.69, 9.17) is 0 Å². The first kappa shape index (κ1) is 23.0. The third-order valence-electron chi connectivity index (χ3n) is 6.90. The summed E-state index contributed by atoms with van der Waals surface area (Å²) in [6.07, 6.45) is 6.00. The van der Waals surface area contributed by atoms with E-state index >= 15 is 0 Å². The van der Waals surface area contributed by atoms with Crippen LogP contribution < -0.4 is 5.32 Å². The van der Waals surface area contributed by atoms with E-state index in [1.54, 1.807) is 29.1 Å². The smallest absolute Gasteiger partial charge is 0.245 e. The van der Waals surface area contributed by atoms with Gasteiger partial charge in [-0.1, -0.05) is 24.3 Å². The second-order valence-corrected chi connectivity index (χ2v) is 9.13. The molecule has 33 heavy (non-hydrogen) atoms. The zero-order valence-electron chi connectivity index (χ0n) is 19.4. The Balaban J connectivity index is 1.55. The second kappa shape index (κ2) is 9.73. The molecule has 4 rings (SSSR count). The van der Waals surface area contributed by atoms with E-state index in [1.807, 2.05) is 31.2 Å². The fourth-order valence-corrected chi connectivity index (χ4v) is 5.09. The van der Waals surface area contributed by atoms with Crippen molar-refractivity contribution in [2.24, 2.45) is 5.41 Å². The van der Waals surface area contributed by atoms with Gasteiger partial charge < -0.3 is 15.1 Å². The number of carbonyl (C=O) groups excluding carboxylic acids is 3. The second-order valence-electron chi connectivity index (χ2n) is 9.13. The van der Waals surface area contributed by atoms with Crippen LogP contribution >= 0.6 is 0 Å². The highest BCUT2D eigenvalue weighted by Gasteiger charge is 2.47. The van der Waals surface area contributed by atoms with Crippen molar-refractivity contribution in [3.8, 4) is 11.1 Å². The summed E-state index contributed by atoms with van der Waals surface area (Å²) in [7, 11) is 0. The first-order valence-corrected chi connectivity index (χ1v) is 11.8. The van der Waals surface area contributed by atoms with Crippen LogP contribution in [0.4, 0.5) is 0 Å². The minimum Gasteiger partial charge on any atom is -0.356 e. The van der Waals surface area contributed by atoms with Crippen LogP contribution in [-0.4, -0.2) is 64.7 Å². The van der Waals surface area contributed by atoms with Gasteiger partial charge in [0, 0.05) is 45.0 Å². The molecule has 174 valence electrons. The zero-order chi connectivity index (χ0) is 23.4. The summed E-state index contributed by atoms with van der Waals surface area (Å²) in [5.74, 6) is -0.0422. The van der Waals surface area contributed by atoms with E-state index < -0.39 is 11.5 Å². The van der Waals surface area contributed by atoms with E-state index in [0.717, 1.165) is 23.1 Å². The molecule has 2 aliphatic heterocycles. The summed E-state index contributed by atoms with van der Waals surface area (Å²) in [6.45, 7) is 5.77. The molecule has 1 aromatic heterocycles. The largest absolute Gasteiger partial charge is 0.356 e. The normalized spacial score (nSPS) is 21.3. The Bertz CT molecular complexity index is 1030. The molecule has 3 heterocycles. The van der Waals surface area contributed by atoms with Gasteiger partial charge in [-0.25, -0.2) is 0 Å². The molecule has 2 saturated heterocycles. The average molecular weight is 449 g/mol. The highest BCUT2D eigenvalue weighted by atomic mass is 16.2. The minimum atomic E-state index is -0.683. The first-order valence-electron chi connectivity index (χ1n) is 11.8. The quantitative estimate of drug-likeness (QED) is 0.706. The lowest BCUT2D eigenvalue weighted by molar-refractivity contribution is -0.143. The molecule has 3 amide bonds. The highest BCUT2D eigenvalue weighted by molar-refractivity contribution is 5.90. The van der Waals surface area contributed by atoms with E-state index in [0.29, 0.717) is 45.4 Å². The minimum absolute atomic E-state index is 0.0143. The van der Waals surface area contributed by atoms with Gasteiger partial charge in [-0.2, -0.15) is 0 Å². The van der Waals surface area contributed by atoms with Gasteiger partial charge >= 0.3 is 0 Å². The zero-order valence-corrected chi connectivity index (χ0v) is 19.4. The molecule has 2 fully saturated rings. The van der Waals surface area contributed by atoms with Gasteiger partial charge in [0.15, 0.2) is 0 Å². The van der Waals surface area contributed by atoms with Crippen molar-refractivity contribution in [1.29, 1.82) is 0 Å². The van der Waals surface area contributed by atoms with Gasteiger partial charge in [-0.3, -0.25) is 19.4 Å². The lowest BCUT2D eigenvalue weighted by atomic mass is 9.79. The summed E-state index contributed by atoms with van der Waals surface area (Å²) in [5.41, 5.74) is 2.53. The van der Waals surface area contributed by atoms with Gasteiger partial charge in [0.1, 0.15) is 6.04 Å². The van der Waals surface area contributed by atoms with Gasteiger partial charge in [-0.15, -0.1) is 0 Å². The van der Waals surface area contributed by atoms with Crippen LogP contribution in [-0.2, 0) is 20.8 Å². The Morgan fingerprint density at radius 1 is 1.15 bits per heavy atom. The number of rotatable bonds is 7. The van der Waals surface area contributed by atoms with Crippen molar-refractivity contribution in [3.05, 3.63) is 54.4 Å². The molecule has 7 heteroatoms. The number of hydrogen-bond donors (Lipinski definition) is 1. The molecule has 1 N–H and O–H groups in total. The SMILES string of the molecule is CCNC(=O)C1(Cc2cccc(-c3ccncc3)c2)CCN(C(=O)C(C)N2CCCC2=O)C1. The number of aromatic nitrogens is 1. The fraction of sp³-hybridized carbons (Fsp3) is 0.462. The molecular formula is C26H32N4O3. The number of carbonyl (C=O) groups is 3. The molecule has 0 spiro atoms. The Kier molecular flexibility index (Phi) is 6.77. The first-order chi connectivity index (χ1) is 15.9. The van der Waals surface area contributed by atoms with Gasteiger partial charge in [0.2, 0.25) is 17.7 Å². The number of nitrogens with zero attached hydrogens (tertiary/aromatic N) is 3. The van der Waals surface area contributed by atoms with Crippen LogP contribution in [0.3, 0.4) is 0 Å². The molecule has 2 aromatic rings. The number of amides is 3.